The average Bonchev–Trinajstić information content (AvgIpc) is 3.27. The summed E-state index contributed by atoms with van der Waals surface area (Å²) >= 11 is -1.19. The summed E-state index contributed by atoms with van der Waals surface area (Å²) in [6.45, 7) is 5.78. The van der Waals surface area contributed by atoms with E-state index in [-0.39, 0.29) is 4.75 Å². The Morgan fingerprint density at radius 3 is 2.76 bits per heavy atom. The summed E-state index contributed by atoms with van der Waals surface area (Å²) in [5.74, 6) is 1.06. The Labute approximate surface area is 130 Å². The second kappa shape index (κ2) is 6.64. The van der Waals surface area contributed by atoms with Gasteiger partial charge in [0.15, 0.2) is 0 Å². The minimum absolute atomic E-state index is 0.313. The highest BCUT2D eigenvalue weighted by Gasteiger charge is 2.32. The second-order valence-corrected chi connectivity index (χ2v) is 8.50. The van der Waals surface area contributed by atoms with Crippen molar-refractivity contribution >= 4 is 17.6 Å². The van der Waals surface area contributed by atoms with Gasteiger partial charge in [-0.2, -0.15) is 5.26 Å². The van der Waals surface area contributed by atoms with Crippen LogP contribution >= 0.6 is 0 Å². The molecule has 0 aliphatic heterocycles. The number of nitrogens with zero attached hydrogens (tertiary/aromatic N) is 2. The van der Waals surface area contributed by atoms with E-state index in [9.17, 15) is 4.55 Å². The third-order valence-corrected chi connectivity index (χ3v) is 5.08. The molecule has 0 saturated heterocycles. The van der Waals surface area contributed by atoms with Gasteiger partial charge in [-0.15, -0.1) is 0 Å². The fourth-order valence-corrected chi connectivity index (χ4v) is 2.86. The quantitative estimate of drug-likeness (QED) is 0.610. The van der Waals surface area contributed by atoms with Crippen molar-refractivity contribution in [3.8, 4) is 6.07 Å². The molecule has 0 amide bonds. The van der Waals surface area contributed by atoms with Crippen LogP contribution in [0.2, 0.25) is 0 Å². The molecule has 112 valence electrons. The van der Waals surface area contributed by atoms with Gasteiger partial charge in [-0.3, -0.25) is 0 Å². The van der Waals surface area contributed by atoms with Crippen LogP contribution < -0.4 is 0 Å². The van der Waals surface area contributed by atoms with Gasteiger partial charge in [0.25, 0.3) is 0 Å². The van der Waals surface area contributed by atoms with E-state index in [2.05, 4.69) is 16.5 Å². The third kappa shape index (κ3) is 4.59. The lowest BCUT2D eigenvalue weighted by atomic mass is 9.90. The predicted molar refractivity (Wildman–Crippen MR) is 87.6 cm³/mol. The van der Waals surface area contributed by atoms with E-state index in [1.165, 1.54) is 18.4 Å². The molecule has 0 spiro atoms. The second-order valence-electron chi connectivity index (χ2n) is 6.57. The molecule has 0 heterocycles. The van der Waals surface area contributed by atoms with Gasteiger partial charge in [-0.25, -0.2) is 0 Å². The van der Waals surface area contributed by atoms with E-state index in [1.54, 1.807) is 0 Å². The first-order chi connectivity index (χ1) is 9.91. The number of rotatable bonds is 5. The van der Waals surface area contributed by atoms with E-state index in [0.717, 1.165) is 6.42 Å². The van der Waals surface area contributed by atoms with Crippen molar-refractivity contribution in [1.29, 1.82) is 5.26 Å². The van der Waals surface area contributed by atoms with E-state index in [0.29, 0.717) is 17.4 Å². The molecule has 4 heteroatoms. The molecule has 2 atom stereocenters. The number of benzene rings is 1. The van der Waals surface area contributed by atoms with Gasteiger partial charge < -0.3 is 4.55 Å². The minimum Gasteiger partial charge on any atom is -0.591 e. The van der Waals surface area contributed by atoms with Crippen LogP contribution in [0.4, 0.5) is 0 Å². The average molecular weight is 302 g/mol. The molecule has 1 aromatic rings. The number of nitriles is 1. The van der Waals surface area contributed by atoms with Crippen LogP contribution in [0.5, 0.6) is 0 Å². The molecular formula is C17H22N2OS. The summed E-state index contributed by atoms with van der Waals surface area (Å²) in [7, 11) is 0. The maximum Gasteiger partial charge on any atom is 0.144 e. The highest BCUT2D eigenvalue weighted by atomic mass is 32.2. The normalized spacial score (nSPS) is 18.4. The van der Waals surface area contributed by atoms with E-state index < -0.39 is 11.4 Å². The predicted octanol–water partition coefficient (Wildman–Crippen LogP) is 3.97. The zero-order valence-corrected chi connectivity index (χ0v) is 13.7. The lowest BCUT2D eigenvalue weighted by molar-refractivity contribution is 0.561. The molecule has 1 aromatic carbocycles. The summed E-state index contributed by atoms with van der Waals surface area (Å²) < 4.78 is 15.8. The zero-order chi connectivity index (χ0) is 15.5. The molecule has 0 bridgehead atoms. The lowest BCUT2D eigenvalue weighted by Gasteiger charge is -2.18. The number of hydrogen-bond donors (Lipinski definition) is 0. The zero-order valence-electron chi connectivity index (χ0n) is 12.9. The molecular weight excluding hydrogens is 280 g/mol. The van der Waals surface area contributed by atoms with Gasteiger partial charge in [0.2, 0.25) is 0 Å². The Hall–Kier alpha value is -1.31. The Morgan fingerprint density at radius 2 is 2.19 bits per heavy atom. The Kier molecular flexibility index (Phi) is 5.08. The molecule has 3 nitrogen and oxygen atoms in total. The van der Waals surface area contributed by atoms with E-state index >= 15 is 0 Å². The summed E-state index contributed by atoms with van der Waals surface area (Å²) in [5, 5.41) is 9.02. The highest BCUT2D eigenvalue weighted by molar-refractivity contribution is 7.91. The molecule has 0 aromatic heterocycles. The molecule has 2 rings (SSSR count). The molecule has 21 heavy (non-hydrogen) atoms. The molecule has 2 unspecified atom stereocenters. The summed E-state index contributed by atoms with van der Waals surface area (Å²) in [5.41, 5.74) is 1.90. The molecule has 1 saturated carbocycles. The van der Waals surface area contributed by atoms with Gasteiger partial charge in [0, 0.05) is 0 Å². The van der Waals surface area contributed by atoms with Crippen molar-refractivity contribution in [2.24, 2.45) is 10.3 Å². The van der Waals surface area contributed by atoms with E-state index in [4.69, 9.17) is 5.26 Å². The number of hydrogen-bond acceptors (Lipinski definition) is 3. The van der Waals surface area contributed by atoms with Gasteiger partial charge in [-0.05, 0) is 69.6 Å². The van der Waals surface area contributed by atoms with Crippen molar-refractivity contribution in [3.05, 3.63) is 35.4 Å². The summed E-state index contributed by atoms with van der Waals surface area (Å²) in [6, 6.07) is 10.0. The largest absolute Gasteiger partial charge is 0.591 e. The van der Waals surface area contributed by atoms with Crippen LogP contribution in [0.15, 0.2) is 28.7 Å². The highest BCUT2D eigenvalue weighted by Crippen LogP contribution is 2.44. The van der Waals surface area contributed by atoms with Crippen LogP contribution in [0.1, 0.15) is 57.1 Å². The summed E-state index contributed by atoms with van der Waals surface area (Å²) in [4.78, 5) is 0. The van der Waals surface area contributed by atoms with Crippen molar-refractivity contribution < 1.29 is 4.55 Å². The minimum atomic E-state index is -1.19. The fourth-order valence-electron chi connectivity index (χ4n) is 2.32. The lowest BCUT2D eigenvalue weighted by Crippen LogP contribution is -2.25. The van der Waals surface area contributed by atoms with Gasteiger partial charge in [0.05, 0.1) is 17.8 Å². The fraction of sp³-hybridized carbons (Fsp3) is 0.529. The van der Waals surface area contributed by atoms with Crippen LogP contribution in [-0.4, -0.2) is 15.5 Å². The van der Waals surface area contributed by atoms with Crippen molar-refractivity contribution in [2.75, 3.05) is 0 Å². The monoisotopic (exact) mass is 302 g/mol. The maximum atomic E-state index is 11.9. The molecule has 0 N–H and O–H groups in total. The van der Waals surface area contributed by atoms with Crippen LogP contribution in [0.3, 0.4) is 0 Å². The molecule has 1 aliphatic rings. The van der Waals surface area contributed by atoms with Gasteiger partial charge in [0.1, 0.15) is 16.1 Å². The van der Waals surface area contributed by atoms with Gasteiger partial charge in [-0.1, -0.05) is 16.5 Å². The first-order valence-electron chi connectivity index (χ1n) is 7.36. The van der Waals surface area contributed by atoms with Crippen molar-refractivity contribution in [3.63, 3.8) is 0 Å². The Bertz CT molecular complexity index is 553. The first kappa shape index (κ1) is 16.1. The molecule has 1 aliphatic carbocycles. The van der Waals surface area contributed by atoms with Crippen LogP contribution in [0, 0.1) is 17.2 Å². The van der Waals surface area contributed by atoms with Crippen molar-refractivity contribution in [2.45, 2.75) is 50.7 Å². The topological polar surface area (TPSA) is 59.2 Å². The maximum absolute atomic E-state index is 11.9. The summed E-state index contributed by atoms with van der Waals surface area (Å²) in [6.07, 6.45) is 5.07. The Balaban J connectivity index is 2.07. The van der Waals surface area contributed by atoms with Crippen LogP contribution in [0.25, 0.3) is 0 Å². The van der Waals surface area contributed by atoms with Crippen molar-refractivity contribution in [1.82, 2.24) is 0 Å². The smallest absolute Gasteiger partial charge is 0.144 e. The molecule has 0 radical (unpaired) electrons. The van der Waals surface area contributed by atoms with Crippen LogP contribution in [-0.2, 0) is 11.4 Å². The molecule has 1 fully saturated rings. The van der Waals surface area contributed by atoms with Gasteiger partial charge >= 0.3 is 0 Å². The Morgan fingerprint density at radius 1 is 1.48 bits per heavy atom. The van der Waals surface area contributed by atoms with E-state index in [1.807, 2.05) is 45.2 Å². The first-order valence-corrected chi connectivity index (χ1v) is 8.47. The third-order valence-electron chi connectivity index (χ3n) is 3.69. The standard InChI is InChI=1S/C17H22N2OS/c1-17(2,3)21(20)19-10-9-16(14-7-8-14)15-6-4-5-13(11-15)12-18/h4-6,10-11,14,16H,7-9H2,1-3H3. The SMILES string of the molecule is CC(C)(C)[S+]([O-])N=CCC(c1cccc(C#N)c1)C1CC1.